The van der Waals surface area contributed by atoms with E-state index in [1.807, 2.05) is 24.3 Å². The number of carboxylic acid groups (broad SMARTS) is 1. The van der Waals surface area contributed by atoms with Crippen LogP contribution in [0.1, 0.15) is 39.5 Å². The molecule has 3 heterocycles. The number of nitrogens with zero attached hydrogens (tertiary/aromatic N) is 3. The Labute approximate surface area is 217 Å². The van der Waals surface area contributed by atoms with E-state index in [1.165, 1.54) is 11.8 Å². The largest absolute Gasteiger partial charge is 0.481 e. The molecule has 3 fully saturated rings. The zero-order valence-corrected chi connectivity index (χ0v) is 22.0. The zero-order valence-electron chi connectivity index (χ0n) is 21.1. The van der Waals surface area contributed by atoms with Crippen LogP contribution >= 0.6 is 11.8 Å². The van der Waals surface area contributed by atoms with Crippen LogP contribution in [0.2, 0.25) is 0 Å². The van der Waals surface area contributed by atoms with Gasteiger partial charge in [-0.15, -0.1) is 18.3 Å². The number of thioether (sulfide) groups is 1. The van der Waals surface area contributed by atoms with Gasteiger partial charge in [-0.05, 0) is 63.8 Å². The van der Waals surface area contributed by atoms with Crippen molar-refractivity contribution in [3.63, 3.8) is 0 Å². The average Bonchev–Trinajstić information content (AvgIpc) is 3.51. The van der Waals surface area contributed by atoms with Gasteiger partial charge in [-0.25, -0.2) is 0 Å². The molecule has 2 unspecified atom stereocenters. The van der Waals surface area contributed by atoms with Gasteiger partial charge in [-0.3, -0.25) is 14.4 Å². The van der Waals surface area contributed by atoms with Crippen LogP contribution in [-0.2, 0) is 14.4 Å². The molecule has 8 nitrogen and oxygen atoms in total. The van der Waals surface area contributed by atoms with E-state index in [2.05, 4.69) is 25.3 Å². The van der Waals surface area contributed by atoms with Crippen LogP contribution < -0.4 is 9.80 Å². The summed E-state index contributed by atoms with van der Waals surface area (Å²) in [7, 11) is 0. The number of hydrogen-bond donors (Lipinski definition) is 2. The number of fused-ring (bicyclic) bond motifs is 1. The molecule has 0 radical (unpaired) electrons. The predicted molar refractivity (Wildman–Crippen MR) is 142 cm³/mol. The van der Waals surface area contributed by atoms with E-state index >= 15 is 0 Å². The van der Waals surface area contributed by atoms with Crippen molar-refractivity contribution in [3.8, 4) is 0 Å². The van der Waals surface area contributed by atoms with E-state index in [9.17, 15) is 24.6 Å². The molecular weight excluding hydrogens is 478 g/mol. The first kappa shape index (κ1) is 26.5. The highest BCUT2D eigenvalue weighted by atomic mass is 32.2. The minimum Gasteiger partial charge on any atom is -0.481 e. The molecule has 2 bridgehead atoms. The summed E-state index contributed by atoms with van der Waals surface area (Å²) in [5.74, 6) is -2.84. The molecule has 3 saturated heterocycles. The fraction of sp³-hybridized carbons (Fsp3) is 0.593. The van der Waals surface area contributed by atoms with Crippen molar-refractivity contribution in [1.29, 1.82) is 0 Å². The summed E-state index contributed by atoms with van der Waals surface area (Å²) >= 11 is 1.54. The smallest absolute Gasteiger partial charge is 0.308 e. The summed E-state index contributed by atoms with van der Waals surface area (Å²) in [6, 6.07) is 7.12. The summed E-state index contributed by atoms with van der Waals surface area (Å²) in [4.78, 5) is 45.7. The summed E-state index contributed by atoms with van der Waals surface area (Å²) in [5.41, 5.74) is 1.80. The van der Waals surface area contributed by atoms with Crippen LogP contribution in [0.15, 0.2) is 36.9 Å². The molecule has 0 saturated carbocycles. The Balaban J connectivity index is 1.71. The predicted octanol–water partition coefficient (Wildman–Crippen LogP) is 3.00. The van der Waals surface area contributed by atoms with Crippen LogP contribution in [0.5, 0.6) is 0 Å². The monoisotopic (exact) mass is 515 g/mol. The SMILES string of the molecule is C=CCN(C(=O)C1N(CCCCO)C(=O)[C@@H]2[C@H](C(=O)O)[C@@H]3CCC12S3)c1ccc(N(CC)CC)cc1. The number of carboxylic acids is 1. The highest BCUT2D eigenvalue weighted by Gasteiger charge is 2.73. The normalized spacial score (nSPS) is 28.3. The number of carbonyl (C=O) groups is 3. The molecule has 1 aromatic rings. The standard InChI is InChI=1S/C27H37N3O5S/c1-4-15-29(19-11-9-18(10-12-19)28(5-2)6-3)25(33)23-27-14-13-20(36-27)21(26(34)35)22(27)24(32)30(23)16-7-8-17-31/h4,9-12,20-23,31H,1,5-8,13-17H2,2-3H3,(H,34,35)/t20-,21+,22-,23?,27?/m0/s1. The molecule has 0 aliphatic carbocycles. The number of likely N-dealkylation sites (tertiary alicyclic amines) is 1. The Kier molecular flexibility index (Phi) is 7.99. The first-order valence-electron chi connectivity index (χ1n) is 12.9. The van der Waals surface area contributed by atoms with Crippen LogP contribution in [0.4, 0.5) is 11.4 Å². The number of aliphatic hydroxyl groups is 1. The maximum absolute atomic E-state index is 14.3. The third kappa shape index (κ3) is 4.30. The lowest BCUT2D eigenvalue weighted by molar-refractivity contribution is -0.148. The fourth-order valence-corrected chi connectivity index (χ4v) is 8.59. The third-order valence-corrected chi connectivity index (χ3v) is 9.95. The lowest BCUT2D eigenvalue weighted by Crippen LogP contribution is -2.55. The first-order chi connectivity index (χ1) is 17.3. The number of benzene rings is 1. The van der Waals surface area contributed by atoms with Gasteiger partial charge in [-0.1, -0.05) is 6.08 Å². The van der Waals surface area contributed by atoms with E-state index in [0.29, 0.717) is 32.2 Å². The Morgan fingerprint density at radius 3 is 2.44 bits per heavy atom. The van der Waals surface area contributed by atoms with E-state index in [-0.39, 0.29) is 30.2 Å². The van der Waals surface area contributed by atoms with Gasteiger partial charge in [0.15, 0.2) is 0 Å². The van der Waals surface area contributed by atoms with Crippen molar-refractivity contribution in [2.75, 3.05) is 42.6 Å². The van der Waals surface area contributed by atoms with Crippen LogP contribution in [0.25, 0.3) is 0 Å². The number of anilines is 2. The number of rotatable bonds is 12. The van der Waals surface area contributed by atoms with Gasteiger partial charge in [0, 0.05) is 49.4 Å². The van der Waals surface area contributed by atoms with Crippen molar-refractivity contribution >= 4 is 40.9 Å². The number of aliphatic hydroxyl groups excluding tert-OH is 1. The van der Waals surface area contributed by atoms with Gasteiger partial charge in [0.1, 0.15) is 6.04 Å². The van der Waals surface area contributed by atoms with Crippen LogP contribution in [0, 0.1) is 11.8 Å². The molecule has 36 heavy (non-hydrogen) atoms. The molecule has 1 spiro atoms. The second-order valence-corrected chi connectivity index (χ2v) is 11.4. The lowest BCUT2D eigenvalue weighted by atomic mass is 9.71. The quantitative estimate of drug-likeness (QED) is 0.326. The highest BCUT2D eigenvalue weighted by Crippen LogP contribution is 2.66. The first-order valence-corrected chi connectivity index (χ1v) is 13.8. The van der Waals surface area contributed by atoms with Crippen molar-refractivity contribution in [3.05, 3.63) is 36.9 Å². The molecule has 3 aliphatic heterocycles. The van der Waals surface area contributed by atoms with Crippen LogP contribution in [0.3, 0.4) is 0 Å². The van der Waals surface area contributed by atoms with Gasteiger partial charge >= 0.3 is 5.97 Å². The molecule has 9 heteroatoms. The second-order valence-electron chi connectivity index (χ2n) is 9.78. The minimum atomic E-state index is -0.953. The Morgan fingerprint density at radius 2 is 1.86 bits per heavy atom. The van der Waals surface area contributed by atoms with Gasteiger partial charge in [-0.2, -0.15) is 0 Å². The number of amides is 2. The van der Waals surface area contributed by atoms with E-state index < -0.39 is 28.6 Å². The minimum absolute atomic E-state index is 0.00522. The third-order valence-electron chi connectivity index (χ3n) is 7.99. The molecule has 4 rings (SSSR count). The Morgan fingerprint density at radius 1 is 1.19 bits per heavy atom. The number of aliphatic carboxylic acids is 1. The van der Waals surface area contributed by atoms with Crippen molar-refractivity contribution in [2.45, 2.75) is 55.6 Å². The van der Waals surface area contributed by atoms with Gasteiger partial charge in [0.2, 0.25) is 5.91 Å². The maximum Gasteiger partial charge on any atom is 0.308 e. The van der Waals surface area contributed by atoms with E-state index in [0.717, 1.165) is 24.5 Å². The van der Waals surface area contributed by atoms with Crippen molar-refractivity contribution in [1.82, 2.24) is 4.90 Å². The highest BCUT2D eigenvalue weighted by molar-refractivity contribution is 8.02. The summed E-state index contributed by atoms with van der Waals surface area (Å²) in [5, 5.41) is 19.1. The fourth-order valence-electron chi connectivity index (χ4n) is 6.38. The summed E-state index contributed by atoms with van der Waals surface area (Å²) < 4.78 is -0.734. The second kappa shape index (κ2) is 10.8. The molecular formula is C27H37N3O5S. The molecule has 3 aliphatic rings. The van der Waals surface area contributed by atoms with Crippen molar-refractivity contribution < 1.29 is 24.6 Å². The Hall–Kier alpha value is -2.52. The molecule has 0 aromatic heterocycles. The molecule has 2 N–H and O–H groups in total. The number of hydrogen-bond acceptors (Lipinski definition) is 6. The zero-order chi connectivity index (χ0) is 26.0. The Bertz CT molecular complexity index is 998. The van der Waals surface area contributed by atoms with Gasteiger partial charge in [0.05, 0.1) is 16.6 Å². The molecule has 196 valence electrons. The molecule has 2 amide bonds. The van der Waals surface area contributed by atoms with Crippen LogP contribution in [-0.4, -0.2) is 81.7 Å². The average molecular weight is 516 g/mol. The lowest BCUT2D eigenvalue weighted by Gasteiger charge is -2.37. The maximum atomic E-state index is 14.3. The topological polar surface area (TPSA) is 101 Å². The molecule has 1 aromatic carbocycles. The number of carbonyl (C=O) groups excluding carboxylic acids is 2. The summed E-state index contributed by atoms with van der Waals surface area (Å²) in [6.07, 6.45) is 4.10. The van der Waals surface area contributed by atoms with Gasteiger partial charge < -0.3 is 24.9 Å². The van der Waals surface area contributed by atoms with Gasteiger partial charge in [0.25, 0.3) is 5.91 Å². The van der Waals surface area contributed by atoms with E-state index in [1.54, 1.807) is 15.9 Å². The van der Waals surface area contributed by atoms with E-state index in [4.69, 9.17) is 0 Å². The van der Waals surface area contributed by atoms with Crippen molar-refractivity contribution in [2.24, 2.45) is 11.8 Å². The summed E-state index contributed by atoms with van der Waals surface area (Å²) in [6.45, 7) is 10.4. The number of unbranched alkanes of at least 4 members (excludes halogenated alkanes) is 1. The molecule has 5 atom stereocenters.